The number of pyridine rings is 1. The number of carbonyl (C=O) groups excluding carboxylic acids is 2. The standard InChI is InChI=1S/C18H17ClN4O5S/c19-13-9-14-15(28-11-17(24)21-14)10-16(13)29(26,27)23-7-5-22(6-8-23)18(25)12-1-3-20-4-2-12/h1-4,9-10H,5-8,11H2,(H,21,24). The van der Waals surface area contributed by atoms with E-state index in [4.69, 9.17) is 16.3 Å². The van der Waals surface area contributed by atoms with Crippen molar-refractivity contribution in [2.45, 2.75) is 4.90 Å². The molecule has 0 radical (unpaired) electrons. The van der Waals surface area contributed by atoms with Crippen LogP contribution in [-0.2, 0) is 14.8 Å². The van der Waals surface area contributed by atoms with Gasteiger partial charge in [-0.3, -0.25) is 14.6 Å². The van der Waals surface area contributed by atoms with Crippen molar-refractivity contribution in [3.8, 4) is 5.75 Å². The van der Waals surface area contributed by atoms with E-state index in [1.54, 1.807) is 17.0 Å². The molecule has 4 rings (SSSR count). The number of ether oxygens (including phenoxy) is 1. The average molecular weight is 437 g/mol. The second-order valence-electron chi connectivity index (χ2n) is 6.55. The highest BCUT2D eigenvalue weighted by Gasteiger charge is 2.33. The van der Waals surface area contributed by atoms with Crippen LogP contribution in [0.3, 0.4) is 0 Å². The number of aromatic nitrogens is 1. The zero-order valence-electron chi connectivity index (χ0n) is 15.2. The second-order valence-corrected chi connectivity index (χ2v) is 8.86. The molecule has 0 aliphatic carbocycles. The molecule has 9 nitrogen and oxygen atoms in total. The quantitative estimate of drug-likeness (QED) is 0.774. The van der Waals surface area contributed by atoms with E-state index >= 15 is 0 Å². The topological polar surface area (TPSA) is 109 Å². The number of hydrogen-bond acceptors (Lipinski definition) is 6. The van der Waals surface area contributed by atoms with E-state index in [2.05, 4.69) is 10.3 Å². The average Bonchev–Trinajstić information content (AvgIpc) is 2.73. The third kappa shape index (κ3) is 3.78. The number of piperazine rings is 1. The Bertz CT molecular complexity index is 1070. The van der Waals surface area contributed by atoms with E-state index in [1.165, 1.54) is 28.8 Å². The molecule has 2 amide bonds. The maximum absolute atomic E-state index is 13.1. The Morgan fingerprint density at radius 3 is 2.52 bits per heavy atom. The molecule has 3 heterocycles. The van der Waals surface area contributed by atoms with Crippen LogP contribution in [0.5, 0.6) is 5.75 Å². The molecule has 0 unspecified atom stereocenters. The van der Waals surface area contributed by atoms with Gasteiger partial charge in [0.2, 0.25) is 10.0 Å². The molecule has 0 bridgehead atoms. The molecule has 0 spiro atoms. The van der Waals surface area contributed by atoms with Crippen LogP contribution >= 0.6 is 11.6 Å². The summed E-state index contributed by atoms with van der Waals surface area (Å²) in [6, 6.07) is 5.93. The minimum Gasteiger partial charge on any atom is -0.482 e. The molecule has 2 aromatic rings. The van der Waals surface area contributed by atoms with Gasteiger partial charge < -0.3 is 15.0 Å². The zero-order valence-corrected chi connectivity index (χ0v) is 16.7. The highest BCUT2D eigenvalue weighted by molar-refractivity contribution is 7.89. The van der Waals surface area contributed by atoms with E-state index in [9.17, 15) is 18.0 Å². The molecule has 152 valence electrons. The van der Waals surface area contributed by atoms with Gasteiger partial charge in [0.05, 0.1) is 10.7 Å². The van der Waals surface area contributed by atoms with Gasteiger partial charge in [-0.2, -0.15) is 4.31 Å². The van der Waals surface area contributed by atoms with Crippen LogP contribution < -0.4 is 10.1 Å². The Kier molecular flexibility index (Phi) is 5.15. The van der Waals surface area contributed by atoms with Crippen LogP contribution in [0.25, 0.3) is 0 Å². The SMILES string of the molecule is O=C1COc2cc(S(=O)(=O)N3CCN(C(=O)c4ccncc4)CC3)c(Cl)cc2N1. The van der Waals surface area contributed by atoms with E-state index in [1.807, 2.05) is 0 Å². The fraction of sp³-hybridized carbons (Fsp3) is 0.278. The summed E-state index contributed by atoms with van der Waals surface area (Å²) < 4.78 is 32.8. The third-order valence-corrected chi connectivity index (χ3v) is 7.10. The van der Waals surface area contributed by atoms with Crippen LogP contribution in [0.2, 0.25) is 5.02 Å². The number of halogens is 1. The normalized spacial score (nSPS) is 17.3. The number of fused-ring (bicyclic) bond motifs is 1. The first-order valence-electron chi connectivity index (χ1n) is 8.82. The van der Waals surface area contributed by atoms with Gasteiger partial charge in [0.1, 0.15) is 10.6 Å². The predicted octanol–water partition coefficient (Wildman–Crippen LogP) is 1.21. The van der Waals surface area contributed by atoms with Gasteiger partial charge in [-0.1, -0.05) is 11.6 Å². The minimum absolute atomic E-state index is 0.00941. The fourth-order valence-corrected chi connectivity index (χ4v) is 5.17. The summed E-state index contributed by atoms with van der Waals surface area (Å²) in [5, 5.41) is 2.58. The molecule has 29 heavy (non-hydrogen) atoms. The number of sulfonamides is 1. The number of hydrogen-bond donors (Lipinski definition) is 1. The highest BCUT2D eigenvalue weighted by Crippen LogP contribution is 2.37. The van der Waals surface area contributed by atoms with Gasteiger partial charge in [-0.15, -0.1) is 0 Å². The molecule has 1 N–H and O–H groups in total. The van der Waals surface area contributed by atoms with Crippen LogP contribution in [0.1, 0.15) is 10.4 Å². The maximum atomic E-state index is 13.1. The van der Waals surface area contributed by atoms with E-state index in [0.29, 0.717) is 11.3 Å². The summed E-state index contributed by atoms with van der Waals surface area (Å²) in [5.74, 6) is -0.251. The first-order valence-corrected chi connectivity index (χ1v) is 10.6. The van der Waals surface area contributed by atoms with Crippen LogP contribution in [-0.4, -0.2) is 67.2 Å². The van der Waals surface area contributed by atoms with Gasteiger partial charge >= 0.3 is 0 Å². The number of benzene rings is 1. The number of amides is 2. The van der Waals surface area contributed by atoms with Crippen molar-refractivity contribution in [2.24, 2.45) is 0 Å². The molecule has 1 aromatic carbocycles. The summed E-state index contributed by atoms with van der Waals surface area (Å²) in [7, 11) is -3.89. The largest absolute Gasteiger partial charge is 0.482 e. The lowest BCUT2D eigenvalue weighted by atomic mass is 10.2. The third-order valence-electron chi connectivity index (χ3n) is 4.74. The first kappa shape index (κ1) is 19.6. The highest BCUT2D eigenvalue weighted by atomic mass is 35.5. The summed E-state index contributed by atoms with van der Waals surface area (Å²) in [6.07, 6.45) is 3.08. The van der Waals surface area contributed by atoms with E-state index < -0.39 is 10.0 Å². The lowest BCUT2D eigenvalue weighted by molar-refractivity contribution is -0.118. The van der Waals surface area contributed by atoms with Crippen molar-refractivity contribution in [1.29, 1.82) is 0 Å². The summed E-state index contributed by atoms with van der Waals surface area (Å²) in [4.78, 5) is 29.3. The molecule has 2 aliphatic rings. The first-order chi connectivity index (χ1) is 13.9. The molecule has 2 aliphatic heterocycles. The number of nitrogens with zero attached hydrogens (tertiary/aromatic N) is 3. The van der Waals surface area contributed by atoms with Crippen LogP contribution in [0.15, 0.2) is 41.6 Å². The molecule has 1 aromatic heterocycles. The molecular formula is C18H17ClN4O5S. The van der Waals surface area contributed by atoms with E-state index in [-0.39, 0.29) is 60.3 Å². The maximum Gasteiger partial charge on any atom is 0.262 e. The Hall–Kier alpha value is -2.69. The number of anilines is 1. The van der Waals surface area contributed by atoms with Crippen molar-refractivity contribution < 1.29 is 22.7 Å². The Balaban J connectivity index is 1.51. The summed E-state index contributed by atoms with van der Waals surface area (Å²) >= 11 is 6.19. The lowest BCUT2D eigenvalue weighted by Gasteiger charge is -2.34. The molecule has 0 atom stereocenters. The van der Waals surface area contributed by atoms with Gasteiger partial charge in [0.25, 0.3) is 11.8 Å². The Morgan fingerprint density at radius 1 is 1.14 bits per heavy atom. The minimum atomic E-state index is -3.89. The lowest BCUT2D eigenvalue weighted by Crippen LogP contribution is -2.50. The van der Waals surface area contributed by atoms with E-state index in [0.717, 1.165) is 0 Å². The van der Waals surface area contributed by atoms with Crippen molar-refractivity contribution >= 4 is 39.1 Å². The monoisotopic (exact) mass is 436 g/mol. The van der Waals surface area contributed by atoms with Gasteiger partial charge in [0, 0.05) is 50.2 Å². The van der Waals surface area contributed by atoms with Crippen LogP contribution in [0.4, 0.5) is 5.69 Å². The van der Waals surface area contributed by atoms with Crippen molar-refractivity contribution in [3.63, 3.8) is 0 Å². The Labute approximate surface area is 172 Å². The van der Waals surface area contributed by atoms with Crippen molar-refractivity contribution in [1.82, 2.24) is 14.2 Å². The molecule has 1 saturated heterocycles. The van der Waals surface area contributed by atoms with Crippen molar-refractivity contribution in [2.75, 3.05) is 38.1 Å². The molecular weight excluding hydrogens is 420 g/mol. The second kappa shape index (κ2) is 7.62. The summed E-state index contributed by atoms with van der Waals surface area (Å²) in [6.45, 7) is 0.614. The number of rotatable bonds is 3. The van der Waals surface area contributed by atoms with Gasteiger partial charge in [0.15, 0.2) is 6.61 Å². The van der Waals surface area contributed by atoms with Crippen molar-refractivity contribution in [3.05, 3.63) is 47.2 Å². The molecule has 0 saturated carbocycles. The fourth-order valence-electron chi connectivity index (χ4n) is 3.23. The smallest absolute Gasteiger partial charge is 0.262 e. The van der Waals surface area contributed by atoms with Gasteiger partial charge in [-0.25, -0.2) is 8.42 Å². The Morgan fingerprint density at radius 2 is 1.83 bits per heavy atom. The number of nitrogens with one attached hydrogen (secondary N) is 1. The predicted molar refractivity (Wildman–Crippen MR) is 104 cm³/mol. The summed E-state index contributed by atoms with van der Waals surface area (Å²) in [5.41, 5.74) is 0.839. The van der Waals surface area contributed by atoms with Crippen LogP contribution in [0, 0.1) is 0 Å². The zero-order chi connectivity index (χ0) is 20.6. The molecule has 11 heteroatoms. The number of carbonyl (C=O) groups is 2. The molecule has 1 fully saturated rings. The van der Waals surface area contributed by atoms with Gasteiger partial charge in [-0.05, 0) is 18.2 Å².